The molecule has 0 radical (unpaired) electrons. The quantitative estimate of drug-likeness (QED) is 0.377. The van der Waals surface area contributed by atoms with Gasteiger partial charge in [-0.3, -0.25) is 4.79 Å². The summed E-state index contributed by atoms with van der Waals surface area (Å²) < 4.78 is 2.03. The van der Waals surface area contributed by atoms with E-state index in [4.69, 9.17) is 6.57 Å². The van der Waals surface area contributed by atoms with Crippen LogP contribution in [0.2, 0.25) is 6.82 Å². The second-order valence-corrected chi connectivity index (χ2v) is 9.95. The topological polar surface area (TPSA) is 107 Å². The zero-order valence-corrected chi connectivity index (χ0v) is 21.5. The summed E-state index contributed by atoms with van der Waals surface area (Å²) in [5, 5.41) is 16.2. The molecule has 0 bridgehead atoms. The van der Waals surface area contributed by atoms with E-state index in [0.29, 0.717) is 44.8 Å². The van der Waals surface area contributed by atoms with Gasteiger partial charge in [-0.2, -0.15) is 0 Å². The molecular weight excluding hydrogens is 469 g/mol. The highest BCUT2D eigenvalue weighted by molar-refractivity contribution is 6.45. The number of nitrogens with one attached hydrogen (secondary N) is 2. The number of hydrogen-bond donors (Lipinski definition) is 3. The average molecular weight is 505 g/mol. The zero-order chi connectivity index (χ0) is 26.2. The molecule has 3 amide bonds. The van der Waals surface area contributed by atoms with Crippen molar-refractivity contribution in [1.29, 1.82) is 0 Å². The van der Waals surface area contributed by atoms with Gasteiger partial charge in [0.25, 0.3) is 0 Å². The highest BCUT2D eigenvalue weighted by Gasteiger charge is 2.37. The average Bonchev–Trinajstić information content (AvgIpc) is 3.35. The lowest BCUT2D eigenvalue weighted by Crippen LogP contribution is -2.65. The molecule has 2 aromatic rings. The van der Waals surface area contributed by atoms with Gasteiger partial charge in [0.2, 0.25) is 5.91 Å². The first-order valence-corrected chi connectivity index (χ1v) is 13.2. The van der Waals surface area contributed by atoms with E-state index in [1.807, 2.05) is 21.5 Å². The van der Waals surface area contributed by atoms with E-state index in [0.717, 1.165) is 36.9 Å². The third-order valence-electron chi connectivity index (χ3n) is 7.33. The number of hydrogen-bond acceptors (Lipinski definition) is 5. The van der Waals surface area contributed by atoms with Gasteiger partial charge in [-0.1, -0.05) is 43.5 Å². The van der Waals surface area contributed by atoms with Crippen LogP contribution in [0.3, 0.4) is 0 Å². The van der Waals surface area contributed by atoms with Gasteiger partial charge in [0.15, 0.2) is 5.69 Å². The molecule has 1 saturated carbocycles. The van der Waals surface area contributed by atoms with Crippen molar-refractivity contribution in [3.8, 4) is 0 Å². The molecule has 1 aliphatic heterocycles. The molecule has 1 atom stereocenters. The van der Waals surface area contributed by atoms with E-state index < -0.39 is 13.1 Å². The van der Waals surface area contributed by atoms with Crippen LogP contribution in [0.1, 0.15) is 43.4 Å². The number of carbonyl (C=O) groups excluding carboxylic acids is 2. The number of aromatic nitrogens is 2. The van der Waals surface area contributed by atoms with Crippen LogP contribution in [-0.4, -0.2) is 81.5 Å². The van der Waals surface area contributed by atoms with Gasteiger partial charge in [-0.05, 0) is 25.2 Å². The van der Waals surface area contributed by atoms with Crippen LogP contribution in [0.15, 0.2) is 36.8 Å². The summed E-state index contributed by atoms with van der Waals surface area (Å²) in [5.41, 5.74) is 2.65. The Hall–Kier alpha value is -3.36. The molecule has 1 aromatic heterocycles. The molecule has 0 unspecified atom stereocenters. The third kappa shape index (κ3) is 7.11. The molecule has 2 heterocycles. The van der Waals surface area contributed by atoms with E-state index in [1.54, 1.807) is 36.4 Å². The number of rotatable bonds is 8. The molecule has 4 rings (SSSR count). The number of nitrogens with zero attached hydrogens (tertiary/aromatic N) is 5. The largest absolute Gasteiger partial charge is 0.437 e. The van der Waals surface area contributed by atoms with Gasteiger partial charge < -0.3 is 29.9 Å². The standard InChI is InChI=1S/C26H36BN7O3/c1-27(37)33-14-15-34(26(36)31-22-6-4-3-5-7-22)24(18-33)25(35)30-13-12-23-16-29-19-32(23)17-20-8-10-21(28-2)11-9-20/h8-11,16,19,22,24,37H,3-7,12-15,17-18H2,1H3,(H,30,35)(H,31,36)/t24-/m1/s1. The zero-order valence-electron chi connectivity index (χ0n) is 21.5. The summed E-state index contributed by atoms with van der Waals surface area (Å²) in [4.78, 5) is 37.5. The van der Waals surface area contributed by atoms with Crippen molar-refractivity contribution >= 4 is 24.7 Å². The summed E-state index contributed by atoms with van der Waals surface area (Å²) in [7, 11) is -0.683. The van der Waals surface area contributed by atoms with Crippen molar-refractivity contribution in [2.45, 2.75) is 64.0 Å². The maximum Gasteiger partial charge on any atom is 0.376 e. The lowest BCUT2D eigenvalue weighted by molar-refractivity contribution is -0.126. The molecule has 11 heteroatoms. The number of urea groups is 1. The Morgan fingerprint density at radius 2 is 1.95 bits per heavy atom. The summed E-state index contributed by atoms with van der Waals surface area (Å²) in [5.74, 6) is -0.218. The number of piperazine rings is 1. The minimum Gasteiger partial charge on any atom is -0.437 e. The van der Waals surface area contributed by atoms with Gasteiger partial charge in [0, 0.05) is 57.1 Å². The second-order valence-electron chi connectivity index (χ2n) is 9.95. The summed E-state index contributed by atoms with van der Waals surface area (Å²) in [6.07, 6.45) is 9.55. The molecule has 196 valence electrons. The van der Waals surface area contributed by atoms with Crippen LogP contribution in [0.5, 0.6) is 0 Å². The highest BCUT2D eigenvalue weighted by Crippen LogP contribution is 2.19. The molecule has 3 N–H and O–H groups in total. The van der Waals surface area contributed by atoms with Gasteiger partial charge in [0.1, 0.15) is 6.04 Å². The predicted octanol–water partition coefficient (Wildman–Crippen LogP) is 2.28. The van der Waals surface area contributed by atoms with Crippen LogP contribution in [-0.2, 0) is 17.8 Å². The van der Waals surface area contributed by atoms with E-state index in [2.05, 4.69) is 20.5 Å². The predicted molar refractivity (Wildman–Crippen MR) is 142 cm³/mol. The third-order valence-corrected chi connectivity index (χ3v) is 7.33. The van der Waals surface area contributed by atoms with E-state index in [-0.39, 0.29) is 18.0 Å². The maximum atomic E-state index is 13.3. The Morgan fingerprint density at radius 1 is 1.19 bits per heavy atom. The van der Waals surface area contributed by atoms with E-state index in [9.17, 15) is 14.6 Å². The SMILES string of the molecule is [C-]#[N+]c1ccc(Cn2cncc2CCNC(=O)[C@H]2CN(B(C)O)CCN2C(=O)NC2CCCCC2)cc1. The first-order valence-electron chi connectivity index (χ1n) is 13.2. The van der Waals surface area contributed by atoms with Crippen molar-refractivity contribution in [3.05, 3.63) is 59.5 Å². The van der Waals surface area contributed by atoms with Crippen molar-refractivity contribution in [2.75, 3.05) is 26.2 Å². The molecule has 37 heavy (non-hydrogen) atoms. The van der Waals surface area contributed by atoms with E-state index in [1.165, 1.54) is 6.42 Å². The minimum absolute atomic E-state index is 0.164. The van der Waals surface area contributed by atoms with Gasteiger partial charge in [0.05, 0.1) is 12.9 Å². The van der Waals surface area contributed by atoms with Gasteiger partial charge in [-0.25, -0.2) is 14.6 Å². The fourth-order valence-corrected chi connectivity index (χ4v) is 5.12. The van der Waals surface area contributed by atoms with Crippen LogP contribution in [0.4, 0.5) is 10.5 Å². The van der Waals surface area contributed by atoms with Crippen LogP contribution < -0.4 is 10.6 Å². The Labute approximate surface area is 219 Å². The van der Waals surface area contributed by atoms with Crippen molar-refractivity contribution < 1.29 is 14.6 Å². The molecule has 1 aliphatic carbocycles. The molecular formula is C26H36BN7O3. The Bertz CT molecular complexity index is 1090. The highest BCUT2D eigenvalue weighted by atomic mass is 16.2. The normalized spacial score (nSPS) is 18.7. The van der Waals surface area contributed by atoms with Crippen molar-refractivity contribution in [3.63, 3.8) is 0 Å². The number of benzene rings is 1. The molecule has 0 spiro atoms. The smallest absolute Gasteiger partial charge is 0.376 e. The fraction of sp³-hybridized carbons (Fsp3) is 0.538. The Kier molecular flexibility index (Phi) is 9.20. The number of imidazole rings is 1. The van der Waals surface area contributed by atoms with Crippen LogP contribution >= 0.6 is 0 Å². The van der Waals surface area contributed by atoms with Gasteiger partial charge in [-0.15, -0.1) is 0 Å². The minimum atomic E-state index is -0.683. The number of amides is 3. The lowest BCUT2D eigenvalue weighted by Gasteiger charge is -2.41. The molecule has 1 aromatic carbocycles. The van der Waals surface area contributed by atoms with Crippen molar-refractivity contribution in [2.24, 2.45) is 0 Å². The molecule has 2 fully saturated rings. The van der Waals surface area contributed by atoms with Gasteiger partial charge >= 0.3 is 13.1 Å². The summed E-state index contributed by atoms with van der Waals surface area (Å²) in [6, 6.07) is 6.77. The second kappa shape index (κ2) is 12.7. The van der Waals surface area contributed by atoms with Crippen molar-refractivity contribution in [1.82, 2.24) is 29.9 Å². The molecule has 1 saturated heterocycles. The lowest BCUT2D eigenvalue weighted by atomic mass is 9.83. The summed E-state index contributed by atoms with van der Waals surface area (Å²) in [6.45, 7) is 11.0. The number of carbonyl (C=O) groups is 2. The van der Waals surface area contributed by atoms with E-state index >= 15 is 0 Å². The summed E-state index contributed by atoms with van der Waals surface area (Å²) >= 11 is 0. The molecule has 2 aliphatic rings. The first-order chi connectivity index (χ1) is 17.9. The molecule has 10 nitrogen and oxygen atoms in total. The Morgan fingerprint density at radius 3 is 2.65 bits per heavy atom. The van der Waals surface area contributed by atoms with Crippen LogP contribution in [0.25, 0.3) is 4.85 Å². The Balaban J connectivity index is 1.34. The first kappa shape index (κ1) is 26.7. The van der Waals surface area contributed by atoms with Crippen LogP contribution in [0, 0.1) is 6.57 Å². The fourth-order valence-electron chi connectivity index (χ4n) is 5.12. The maximum absolute atomic E-state index is 13.3. The monoisotopic (exact) mass is 505 g/mol.